The summed E-state index contributed by atoms with van der Waals surface area (Å²) in [5.41, 5.74) is -0.650. The molecule has 5 heteroatoms. The first kappa shape index (κ1) is 16.3. The molecule has 5 nitrogen and oxygen atoms in total. The number of amides is 2. The van der Waals surface area contributed by atoms with Gasteiger partial charge in [0.15, 0.2) is 0 Å². The summed E-state index contributed by atoms with van der Waals surface area (Å²) in [6.07, 6.45) is 3.54. The fourth-order valence-electron chi connectivity index (χ4n) is 3.65. The molecule has 1 aliphatic carbocycles. The van der Waals surface area contributed by atoms with Crippen molar-refractivity contribution in [2.75, 3.05) is 13.2 Å². The molecule has 2 atom stereocenters. The molecule has 0 bridgehead atoms. The zero-order chi connectivity index (χ0) is 15.6. The summed E-state index contributed by atoms with van der Waals surface area (Å²) in [6, 6.07) is -0.465. The summed E-state index contributed by atoms with van der Waals surface area (Å²) < 4.78 is 5.49. The van der Waals surface area contributed by atoms with Gasteiger partial charge in [0.25, 0.3) is 0 Å². The Morgan fingerprint density at radius 1 is 1.29 bits per heavy atom. The lowest BCUT2D eigenvalue weighted by atomic mass is 9.86. The maximum Gasteiger partial charge on any atom is 0.249 e. The van der Waals surface area contributed by atoms with E-state index in [1.807, 2.05) is 27.7 Å². The second-order valence-electron chi connectivity index (χ2n) is 6.69. The van der Waals surface area contributed by atoms with E-state index in [1.165, 1.54) is 0 Å². The van der Waals surface area contributed by atoms with E-state index < -0.39 is 5.54 Å². The maximum absolute atomic E-state index is 13.1. The molecule has 2 rings (SSSR count). The molecule has 2 unspecified atom stereocenters. The van der Waals surface area contributed by atoms with Crippen LogP contribution in [-0.4, -0.2) is 47.6 Å². The summed E-state index contributed by atoms with van der Waals surface area (Å²) in [6.45, 7) is 9.00. The lowest BCUT2D eigenvalue weighted by Gasteiger charge is -2.48. The van der Waals surface area contributed by atoms with Crippen LogP contribution in [0.3, 0.4) is 0 Å². The lowest BCUT2D eigenvalue weighted by molar-refractivity contribution is -0.160. The third-order valence-corrected chi connectivity index (χ3v) is 4.70. The van der Waals surface area contributed by atoms with Crippen LogP contribution in [0.1, 0.15) is 53.4 Å². The number of nitrogens with one attached hydrogen (secondary N) is 1. The highest BCUT2D eigenvalue weighted by molar-refractivity contribution is 6.00. The summed E-state index contributed by atoms with van der Waals surface area (Å²) in [5.74, 6) is 0.178. The molecule has 1 spiro atoms. The van der Waals surface area contributed by atoms with Crippen molar-refractivity contribution < 1.29 is 14.3 Å². The Morgan fingerprint density at radius 2 is 1.90 bits per heavy atom. The Bertz CT molecular complexity index is 402. The van der Waals surface area contributed by atoms with E-state index in [4.69, 9.17) is 4.74 Å². The van der Waals surface area contributed by atoms with Crippen molar-refractivity contribution >= 4 is 11.8 Å². The smallest absolute Gasteiger partial charge is 0.249 e. The minimum absolute atomic E-state index is 0.00477. The van der Waals surface area contributed by atoms with Crippen LogP contribution in [0.4, 0.5) is 0 Å². The van der Waals surface area contributed by atoms with Gasteiger partial charge in [0, 0.05) is 6.61 Å². The van der Waals surface area contributed by atoms with Gasteiger partial charge in [-0.2, -0.15) is 0 Å². The molecule has 1 aliphatic heterocycles. The zero-order valence-corrected chi connectivity index (χ0v) is 13.6. The third-order valence-electron chi connectivity index (χ3n) is 4.70. The Kier molecular flexibility index (Phi) is 4.91. The molecule has 0 aromatic heterocycles. The first-order valence-electron chi connectivity index (χ1n) is 8.15. The van der Waals surface area contributed by atoms with Crippen LogP contribution >= 0.6 is 0 Å². The second kappa shape index (κ2) is 6.34. The van der Waals surface area contributed by atoms with Crippen molar-refractivity contribution in [3.05, 3.63) is 0 Å². The molecule has 0 aromatic rings. The highest BCUT2D eigenvalue weighted by Gasteiger charge is 2.53. The average Bonchev–Trinajstić information content (AvgIpc) is 2.88. The molecule has 120 valence electrons. The molecular weight excluding hydrogens is 268 g/mol. The topological polar surface area (TPSA) is 58.6 Å². The Balaban J connectivity index is 2.28. The molecule has 2 aliphatic rings. The Hall–Kier alpha value is -1.10. The fraction of sp³-hybridized carbons (Fsp3) is 0.875. The first-order chi connectivity index (χ1) is 9.93. The van der Waals surface area contributed by atoms with E-state index in [-0.39, 0.29) is 29.8 Å². The van der Waals surface area contributed by atoms with Gasteiger partial charge in [-0.1, -0.05) is 26.7 Å². The Labute approximate surface area is 127 Å². The number of hydrogen-bond acceptors (Lipinski definition) is 3. The van der Waals surface area contributed by atoms with Crippen molar-refractivity contribution in [1.82, 2.24) is 10.2 Å². The quantitative estimate of drug-likeness (QED) is 0.840. The second-order valence-corrected chi connectivity index (χ2v) is 6.69. The van der Waals surface area contributed by atoms with E-state index >= 15 is 0 Å². The molecule has 1 saturated carbocycles. The molecule has 1 heterocycles. The van der Waals surface area contributed by atoms with E-state index in [0.29, 0.717) is 13.2 Å². The third kappa shape index (κ3) is 2.93. The van der Waals surface area contributed by atoms with E-state index in [9.17, 15) is 9.59 Å². The Morgan fingerprint density at radius 3 is 2.43 bits per heavy atom. The van der Waals surface area contributed by atoms with Gasteiger partial charge in [0.1, 0.15) is 11.6 Å². The van der Waals surface area contributed by atoms with Crippen molar-refractivity contribution in [3.63, 3.8) is 0 Å². The molecule has 2 amide bonds. The monoisotopic (exact) mass is 296 g/mol. The van der Waals surface area contributed by atoms with Gasteiger partial charge in [-0.3, -0.25) is 9.59 Å². The van der Waals surface area contributed by atoms with Crippen molar-refractivity contribution in [2.24, 2.45) is 5.92 Å². The van der Waals surface area contributed by atoms with Gasteiger partial charge >= 0.3 is 0 Å². The predicted octanol–water partition coefficient (Wildman–Crippen LogP) is 1.71. The number of rotatable bonds is 5. The zero-order valence-electron chi connectivity index (χ0n) is 13.6. The number of ether oxygens (including phenoxy) is 1. The SMILES string of the molecule is CCOCC(C)N1C(=O)C2(CCCC2)NC(=O)C1C(C)C. The van der Waals surface area contributed by atoms with Crippen LogP contribution in [0.5, 0.6) is 0 Å². The summed E-state index contributed by atoms with van der Waals surface area (Å²) in [5, 5.41) is 3.04. The van der Waals surface area contributed by atoms with Gasteiger partial charge in [-0.05, 0) is 32.6 Å². The van der Waals surface area contributed by atoms with Crippen LogP contribution in [-0.2, 0) is 14.3 Å². The van der Waals surface area contributed by atoms with E-state index in [1.54, 1.807) is 4.90 Å². The predicted molar refractivity (Wildman–Crippen MR) is 80.8 cm³/mol. The largest absolute Gasteiger partial charge is 0.380 e. The first-order valence-corrected chi connectivity index (χ1v) is 8.15. The standard InChI is InChI=1S/C16H28N2O3/c1-5-21-10-12(4)18-13(11(2)3)14(19)17-16(15(18)20)8-6-7-9-16/h11-13H,5-10H2,1-4H3,(H,17,19). The average molecular weight is 296 g/mol. The summed E-state index contributed by atoms with van der Waals surface area (Å²) in [4.78, 5) is 27.5. The van der Waals surface area contributed by atoms with Crippen LogP contribution < -0.4 is 5.32 Å². The lowest BCUT2D eigenvalue weighted by Crippen LogP contribution is -2.72. The minimum Gasteiger partial charge on any atom is -0.380 e. The summed E-state index contributed by atoms with van der Waals surface area (Å²) in [7, 11) is 0. The highest BCUT2D eigenvalue weighted by Crippen LogP contribution is 2.36. The van der Waals surface area contributed by atoms with Crippen LogP contribution in [0.2, 0.25) is 0 Å². The molecule has 0 aromatic carbocycles. The van der Waals surface area contributed by atoms with E-state index in [0.717, 1.165) is 25.7 Å². The number of carbonyl (C=O) groups excluding carboxylic acids is 2. The molecular formula is C16H28N2O3. The normalized spacial score (nSPS) is 26.5. The van der Waals surface area contributed by atoms with Crippen molar-refractivity contribution in [3.8, 4) is 0 Å². The van der Waals surface area contributed by atoms with Gasteiger partial charge in [0.05, 0.1) is 12.6 Å². The minimum atomic E-state index is -0.650. The number of carbonyl (C=O) groups is 2. The molecule has 1 saturated heterocycles. The maximum atomic E-state index is 13.1. The molecule has 21 heavy (non-hydrogen) atoms. The molecule has 2 fully saturated rings. The van der Waals surface area contributed by atoms with Gasteiger partial charge in [-0.25, -0.2) is 0 Å². The van der Waals surface area contributed by atoms with Crippen LogP contribution in [0.15, 0.2) is 0 Å². The van der Waals surface area contributed by atoms with Gasteiger partial charge < -0.3 is 15.0 Å². The number of piperazine rings is 1. The van der Waals surface area contributed by atoms with Gasteiger partial charge in [0.2, 0.25) is 11.8 Å². The fourth-order valence-corrected chi connectivity index (χ4v) is 3.65. The van der Waals surface area contributed by atoms with E-state index in [2.05, 4.69) is 5.32 Å². The van der Waals surface area contributed by atoms with Crippen LogP contribution in [0, 0.1) is 5.92 Å². The molecule has 0 radical (unpaired) electrons. The van der Waals surface area contributed by atoms with Crippen LogP contribution in [0.25, 0.3) is 0 Å². The van der Waals surface area contributed by atoms with Crippen molar-refractivity contribution in [2.45, 2.75) is 71.0 Å². The summed E-state index contributed by atoms with van der Waals surface area (Å²) >= 11 is 0. The number of hydrogen-bond donors (Lipinski definition) is 1. The van der Waals surface area contributed by atoms with Gasteiger partial charge in [-0.15, -0.1) is 0 Å². The molecule has 1 N–H and O–H groups in total. The number of nitrogens with zero attached hydrogens (tertiary/aromatic N) is 1. The van der Waals surface area contributed by atoms with Crippen molar-refractivity contribution in [1.29, 1.82) is 0 Å². The highest BCUT2D eigenvalue weighted by atomic mass is 16.5.